The Bertz CT molecular complexity index is 1270. The van der Waals surface area contributed by atoms with Gasteiger partial charge in [0.1, 0.15) is 35.0 Å². The number of aryl methyl sites for hydroxylation is 1. The molecular weight excluding hydrogens is 520 g/mol. The molecule has 1 aromatic carbocycles. The number of nitrogens with zero attached hydrogens (tertiary/aromatic N) is 3. The van der Waals surface area contributed by atoms with E-state index in [1.807, 2.05) is 27.7 Å². The predicted molar refractivity (Wildman–Crippen MR) is 154 cm³/mol. The lowest BCUT2D eigenvalue weighted by Gasteiger charge is -2.08. The van der Waals surface area contributed by atoms with Gasteiger partial charge in [-0.3, -0.25) is 10.2 Å². The molecule has 222 valence electrons. The van der Waals surface area contributed by atoms with Crippen molar-refractivity contribution in [2.75, 3.05) is 13.2 Å². The van der Waals surface area contributed by atoms with Crippen LogP contribution in [0.2, 0.25) is 0 Å². The molecule has 0 saturated heterocycles. The molecule has 3 N–H and O–H groups in total. The van der Waals surface area contributed by atoms with Crippen molar-refractivity contribution in [3.05, 3.63) is 76.7 Å². The third kappa shape index (κ3) is 11.3. The van der Waals surface area contributed by atoms with E-state index < -0.39 is 17.6 Å². The van der Waals surface area contributed by atoms with Gasteiger partial charge in [0.2, 0.25) is 0 Å². The molecule has 0 aliphatic heterocycles. The molecule has 0 bridgehead atoms. The summed E-state index contributed by atoms with van der Waals surface area (Å²) in [5, 5.41) is 7.49. The van der Waals surface area contributed by atoms with Crippen LogP contribution in [0.4, 0.5) is 8.78 Å². The Balaban J connectivity index is 0. The summed E-state index contributed by atoms with van der Waals surface area (Å²) in [6.07, 6.45) is 6.01. The molecule has 3 aromatic rings. The molecule has 0 unspecified atom stereocenters. The molecule has 0 spiro atoms. The first-order valence-corrected chi connectivity index (χ1v) is 12.7. The fourth-order valence-corrected chi connectivity index (χ4v) is 2.90. The highest BCUT2D eigenvalue weighted by atomic mass is 19.1. The molecule has 2 heterocycles. The van der Waals surface area contributed by atoms with Crippen LogP contribution in [0.15, 0.2) is 42.6 Å². The summed E-state index contributed by atoms with van der Waals surface area (Å²) in [6, 6.07) is 2.31. The minimum Gasteiger partial charge on any atom is -0.500 e. The number of nitrogens with two attached hydrogens (primary N) is 1. The smallest absolute Gasteiger partial charge is 0.344 e. The largest absolute Gasteiger partial charge is 0.500 e. The first-order chi connectivity index (χ1) is 18.6. The van der Waals surface area contributed by atoms with E-state index in [1.165, 1.54) is 13.8 Å². The van der Waals surface area contributed by atoms with Gasteiger partial charge in [-0.25, -0.2) is 23.5 Å². The molecule has 40 heavy (non-hydrogen) atoms. The topological polar surface area (TPSA) is 133 Å². The van der Waals surface area contributed by atoms with Crippen LogP contribution in [-0.4, -0.2) is 45.2 Å². The van der Waals surface area contributed by atoms with E-state index in [9.17, 15) is 18.4 Å². The summed E-state index contributed by atoms with van der Waals surface area (Å²) < 4.78 is 38.8. The number of halogens is 2. The van der Waals surface area contributed by atoms with Gasteiger partial charge in [0.25, 0.3) is 0 Å². The van der Waals surface area contributed by atoms with Gasteiger partial charge in [-0.05, 0) is 51.0 Å². The number of fused-ring (bicyclic) bond motifs is 1. The van der Waals surface area contributed by atoms with Gasteiger partial charge in [-0.1, -0.05) is 35.1 Å². The summed E-state index contributed by atoms with van der Waals surface area (Å²) in [7, 11) is 0. The summed E-state index contributed by atoms with van der Waals surface area (Å²) in [5.41, 5.74) is 7.05. The molecule has 9 nitrogen and oxygen atoms in total. The molecule has 0 radical (unpaired) electrons. The SMILES string of the molecule is C.CC.CC.CCO/C=C(\C(C)=O)C(=O)OCC.Cc1cc(F)c(Cc2nc(C(=N)N)cn3ccnc23)cc1F. The Hall–Kier alpha value is -4.15. The van der Waals surface area contributed by atoms with E-state index in [0.717, 1.165) is 18.4 Å². The first-order valence-electron chi connectivity index (χ1n) is 12.7. The van der Waals surface area contributed by atoms with Crippen LogP contribution >= 0.6 is 0 Å². The number of Topliss-reactive ketones (excluding diaryl/α,β-unsaturated/α-hetero) is 1. The molecule has 0 fully saturated rings. The highest BCUT2D eigenvalue weighted by Crippen LogP contribution is 2.19. The lowest BCUT2D eigenvalue weighted by Crippen LogP contribution is -2.16. The third-order valence-electron chi connectivity index (χ3n) is 4.65. The maximum atomic E-state index is 14.0. The Morgan fingerprint density at radius 1 is 1.10 bits per heavy atom. The minimum atomic E-state index is -0.636. The summed E-state index contributed by atoms with van der Waals surface area (Å²) in [5.74, 6) is -2.17. The van der Waals surface area contributed by atoms with E-state index in [-0.39, 0.29) is 54.5 Å². The van der Waals surface area contributed by atoms with Gasteiger partial charge in [0, 0.05) is 25.0 Å². The van der Waals surface area contributed by atoms with Crippen molar-refractivity contribution >= 4 is 23.2 Å². The van der Waals surface area contributed by atoms with Crippen LogP contribution in [0, 0.1) is 24.0 Å². The average molecular weight is 564 g/mol. The number of hydrogen-bond acceptors (Lipinski definition) is 7. The van der Waals surface area contributed by atoms with Crippen LogP contribution in [0.5, 0.6) is 0 Å². The number of ketones is 1. The van der Waals surface area contributed by atoms with Crippen LogP contribution in [-0.2, 0) is 25.5 Å². The lowest BCUT2D eigenvalue weighted by atomic mass is 10.1. The third-order valence-corrected chi connectivity index (χ3v) is 4.65. The number of nitrogens with one attached hydrogen (secondary N) is 1. The lowest BCUT2D eigenvalue weighted by molar-refractivity contribution is -0.140. The number of hydrogen-bond donors (Lipinski definition) is 2. The van der Waals surface area contributed by atoms with Crippen molar-refractivity contribution in [1.82, 2.24) is 14.4 Å². The van der Waals surface area contributed by atoms with Crippen LogP contribution < -0.4 is 5.73 Å². The molecular formula is C29H43F2N5O4. The predicted octanol–water partition coefficient (Wildman–Crippen LogP) is 5.94. The number of nitrogen functional groups attached to an aromatic ring is 1. The number of imidazole rings is 1. The van der Waals surface area contributed by atoms with Crippen LogP contribution in [0.3, 0.4) is 0 Å². The maximum Gasteiger partial charge on any atom is 0.344 e. The number of esters is 1. The highest BCUT2D eigenvalue weighted by molar-refractivity contribution is 6.16. The van der Waals surface area contributed by atoms with E-state index in [2.05, 4.69) is 14.7 Å². The summed E-state index contributed by atoms with van der Waals surface area (Å²) in [4.78, 5) is 30.4. The average Bonchev–Trinajstić information content (AvgIpc) is 3.39. The quantitative estimate of drug-likeness (QED) is 0.0659. The van der Waals surface area contributed by atoms with Crippen molar-refractivity contribution in [2.45, 2.75) is 69.2 Å². The number of benzene rings is 1. The number of ether oxygens (including phenoxy) is 2. The number of carbonyl (C=O) groups excluding carboxylic acids is 2. The van der Waals surface area contributed by atoms with Gasteiger partial charge < -0.3 is 19.6 Å². The normalized spacial score (nSPS) is 9.90. The number of rotatable bonds is 8. The van der Waals surface area contributed by atoms with Crippen molar-refractivity contribution in [1.29, 1.82) is 5.41 Å². The van der Waals surface area contributed by atoms with Crippen LogP contribution in [0.25, 0.3) is 5.65 Å². The Labute approximate surface area is 235 Å². The summed E-state index contributed by atoms with van der Waals surface area (Å²) >= 11 is 0. The van der Waals surface area contributed by atoms with E-state index in [1.54, 1.807) is 36.8 Å². The van der Waals surface area contributed by atoms with Crippen molar-refractivity contribution < 1.29 is 27.8 Å². The molecule has 2 aromatic heterocycles. The zero-order valence-corrected chi connectivity index (χ0v) is 23.9. The van der Waals surface area contributed by atoms with Gasteiger partial charge in [0.15, 0.2) is 11.4 Å². The number of amidine groups is 1. The molecule has 0 aliphatic carbocycles. The fraction of sp³-hybridized carbons (Fsp3) is 0.414. The monoisotopic (exact) mass is 563 g/mol. The Morgan fingerprint density at radius 3 is 2.25 bits per heavy atom. The maximum absolute atomic E-state index is 14.0. The van der Waals surface area contributed by atoms with E-state index in [4.69, 9.17) is 15.9 Å². The minimum absolute atomic E-state index is 0. The van der Waals surface area contributed by atoms with Gasteiger partial charge in [-0.15, -0.1) is 0 Å². The zero-order chi connectivity index (χ0) is 30.1. The van der Waals surface area contributed by atoms with Crippen molar-refractivity contribution in [3.8, 4) is 0 Å². The Kier molecular flexibility index (Phi) is 18.9. The molecule has 0 amide bonds. The molecule has 0 saturated carbocycles. The summed E-state index contributed by atoms with van der Waals surface area (Å²) in [6.45, 7) is 14.9. The highest BCUT2D eigenvalue weighted by Gasteiger charge is 2.16. The van der Waals surface area contributed by atoms with Gasteiger partial charge >= 0.3 is 5.97 Å². The molecule has 11 heteroatoms. The second-order valence-electron chi connectivity index (χ2n) is 7.28. The van der Waals surface area contributed by atoms with Crippen LogP contribution in [0.1, 0.15) is 78.4 Å². The van der Waals surface area contributed by atoms with E-state index in [0.29, 0.717) is 17.9 Å². The molecule has 0 aliphatic rings. The number of carbonyl (C=O) groups is 2. The van der Waals surface area contributed by atoms with Crippen molar-refractivity contribution in [2.24, 2.45) is 5.73 Å². The second-order valence-corrected chi connectivity index (χ2v) is 7.28. The second kappa shape index (κ2) is 19.9. The Morgan fingerprint density at radius 2 is 1.73 bits per heavy atom. The van der Waals surface area contributed by atoms with Gasteiger partial charge in [-0.2, -0.15) is 0 Å². The van der Waals surface area contributed by atoms with Gasteiger partial charge in [0.05, 0.1) is 18.9 Å². The fourth-order valence-electron chi connectivity index (χ4n) is 2.90. The number of aromatic nitrogens is 3. The zero-order valence-electron chi connectivity index (χ0n) is 23.9. The van der Waals surface area contributed by atoms with E-state index >= 15 is 0 Å². The molecule has 0 atom stereocenters. The standard InChI is InChI=1S/C15H13F2N5.C9H14O4.2C2H6.CH4/c1-8-4-11(17)9(5-10(8)16)6-12-15-20-2-3-22(15)7-13(21-12)14(18)19;1-4-12-6-8(7(3)10)9(11)13-5-2;2*1-2;/h2-5,7H,6H2,1H3,(H3,18,19);6H,4-5H2,1-3H3;2*1-2H3;1H4/b;8-6+;;;. The molecule has 3 rings (SSSR count). The first kappa shape index (κ1) is 38.0. The van der Waals surface area contributed by atoms with Crippen molar-refractivity contribution in [3.63, 3.8) is 0 Å².